The van der Waals surface area contributed by atoms with Crippen molar-refractivity contribution in [1.82, 2.24) is 0 Å². The quantitative estimate of drug-likeness (QED) is 0.574. The summed E-state index contributed by atoms with van der Waals surface area (Å²) in [6.45, 7) is 14.7. The highest BCUT2D eigenvalue weighted by molar-refractivity contribution is 9.10. The fourth-order valence-electron chi connectivity index (χ4n) is 3.67. The lowest BCUT2D eigenvalue weighted by Gasteiger charge is -2.43. The van der Waals surface area contributed by atoms with Crippen LogP contribution in [0.5, 0.6) is 0 Å². The Morgan fingerprint density at radius 1 is 1.25 bits per heavy atom. The Morgan fingerprint density at radius 3 is 2.54 bits per heavy atom. The lowest BCUT2D eigenvalue weighted by atomic mass is 9.73. The number of aliphatic imine (C=N–C) groups is 1. The van der Waals surface area contributed by atoms with Crippen LogP contribution in [0.15, 0.2) is 45.4 Å². The van der Waals surface area contributed by atoms with E-state index in [4.69, 9.17) is 9.42 Å². The maximum Gasteiger partial charge on any atom is 0.192 e. The van der Waals surface area contributed by atoms with Gasteiger partial charge >= 0.3 is 0 Å². The Balaban J connectivity index is 2.09. The average molecular weight is 406 g/mol. The van der Waals surface area contributed by atoms with Gasteiger partial charge in [-0.15, -0.1) is 0 Å². The van der Waals surface area contributed by atoms with Crippen LogP contribution in [-0.4, -0.2) is 26.7 Å². The summed E-state index contributed by atoms with van der Waals surface area (Å²) >= 11 is 3.78. The molecule has 3 rings (SSSR count). The molecule has 1 aromatic rings. The number of hydrogen-bond acceptors (Lipinski definition) is 2. The molecule has 0 radical (unpaired) electrons. The topological polar surface area (TPSA) is 21.6 Å². The van der Waals surface area contributed by atoms with Gasteiger partial charge in [0.15, 0.2) is 8.32 Å². The molecular weight excluding hydrogens is 378 g/mol. The first-order valence-electron chi connectivity index (χ1n) is 8.76. The van der Waals surface area contributed by atoms with Crippen LogP contribution in [0.3, 0.4) is 0 Å². The molecule has 2 atom stereocenters. The molecule has 0 spiro atoms. The third-order valence-corrected chi connectivity index (χ3v) is 11.2. The summed E-state index contributed by atoms with van der Waals surface area (Å²) in [5, 5.41) is 0.197. The number of rotatable bonds is 3. The zero-order valence-electron chi connectivity index (χ0n) is 15.6. The molecule has 2 aliphatic rings. The predicted molar refractivity (Wildman–Crippen MR) is 109 cm³/mol. The van der Waals surface area contributed by atoms with E-state index < -0.39 is 8.32 Å². The van der Waals surface area contributed by atoms with Crippen molar-refractivity contribution < 1.29 is 4.43 Å². The van der Waals surface area contributed by atoms with Crippen LogP contribution in [0.1, 0.15) is 39.7 Å². The van der Waals surface area contributed by atoms with Gasteiger partial charge in [0.2, 0.25) is 0 Å². The van der Waals surface area contributed by atoms with Crippen LogP contribution >= 0.6 is 15.9 Å². The van der Waals surface area contributed by atoms with Gasteiger partial charge in [0.05, 0.1) is 17.2 Å². The minimum atomic E-state index is -1.87. The van der Waals surface area contributed by atoms with Gasteiger partial charge in [-0.3, -0.25) is 4.99 Å². The minimum Gasteiger partial charge on any atom is -0.409 e. The highest BCUT2D eigenvalue weighted by Crippen LogP contribution is 2.50. The number of hydrogen-bond donors (Lipinski definition) is 0. The molecule has 0 bridgehead atoms. The first-order chi connectivity index (χ1) is 11.1. The maximum absolute atomic E-state index is 6.92. The SMILES string of the molecule is CC1=C[C@H](O[Si](C)(C)C(C)(C)C)[C@@]2(c3ccccc3Br)CCN=C12. The van der Waals surface area contributed by atoms with E-state index in [1.807, 2.05) is 0 Å². The third-order valence-electron chi connectivity index (χ3n) is 6.04. The van der Waals surface area contributed by atoms with Crippen LogP contribution < -0.4 is 0 Å². The molecule has 0 fully saturated rings. The van der Waals surface area contributed by atoms with Crippen molar-refractivity contribution in [2.24, 2.45) is 4.99 Å². The van der Waals surface area contributed by atoms with Crippen molar-refractivity contribution >= 4 is 30.0 Å². The molecule has 1 aliphatic carbocycles. The highest BCUT2D eigenvalue weighted by atomic mass is 79.9. The number of benzene rings is 1. The Bertz CT molecular complexity index is 717. The number of allylic oxidation sites excluding steroid dienone is 1. The zero-order chi connectivity index (χ0) is 17.8. The van der Waals surface area contributed by atoms with E-state index in [-0.39, 0.29) is 16.6 Å². The van der Waals surface area contributed by atoms with Crippen LogP contribution in [0.2, 0.25) is 18.1 Å². The molecule has 130 valence electrons. The van der Waals surface area contributed by atoms with Gasteiger partial charge < -0.3 is 4.43 Å². The first kappa shape index (κ1) is 18.1. The molecule has 1 aromatic carbocycles. The van der Waals surface area contributed by atoms with Gasteiger partial charge in [0.25, 0.3) is 0 Å². The summed E-state index contributed by atoms with van der Waals surface area (Å²) in [4.78, 5) is 4.87. The first-order valence-corrected chi connectivity index (χ1v) is 12.5. The van der Waals surface area contributed by atoms with Gasteiger partial charge in [-0.25, -0.2) is 0 Å². The van der Waals surface area contributed by atoms with Crippen LogP contribution in [0, 0.1) is 0 Å². The van der Waals surface area contributed by atoms with E-state index in [9.17, 15) is 0 Å². The van der Waals surface area contributed by atoms with E-state index in [1.54, 1.807) is 0 Å². The van der Waals surface area contributed by atoms with Gasteiger partial charge in [0, 0.05) is 11.0 Å². The highest BCUT2D eigenvalue weighted by Gasteiger charge is 2.54. The smallest absolute Gasteiger partial charge is 0.192 e. The van der Waals surface area contributed by atoms with Crippen molar-refractivity contribution in [3.8, 4) is 0 Å². The van der Waals surface area contributed by atoms with Crippen molar-refractivity contribution in [2.75, 3.05) is 6.54 Å². The van der Waals surface area contributed by atoms with Gasteiger partial charge in [-0.1, -0.05) is 61.0 Å². The van der Waals surface area contributed by atoms with Crippen molar-refractivity contribution in [3.05, 3.63) is 46.0 Å². The van der Waals surface area contributed by atoms with E-state index in [0.29, 0.717) is 0 Å². The van der Waals surface area contributed by atoms with E-state index >= 15 is 0 Å². The second-order valence-electron chi connectivity index (χ2n) is 8.58. The Morgan fingerprint density at radius 2 is 1.92 bits per heavy atom. The molecule has 0 saturated carbocycles. The molecule has 0 aromatic heterocycles. The van der Waals surface area contributed by atoms with E-state index in [1.165, 1.54) is 16.8 Å². The summed E-state index contributed by atoms with van der Waals surface area (Å²) in [6.07, 6.45) is 3.43. The largest absolute Gasteiger partial charge is 0.409 e. The molecule has 24 heavy (non-hydrogen) atoms. The summed E-state index contributed by atoms with van der Waals surface area (Å²) in [7, 11) is -1.87. The van der Waals surface area contributed by atoms with E-state index in [2.05, 4.69) is 87.1 Å². The maximum atomic E-state index is 6.92. The lowest BCUT2D eigenvalue weighted by Crippen LogP contribution is -2.50. The lowest BCUT2D eigenvalue weighted by molar-refractivity contribution is 0.172. The summed E-state index contributed by atoms with van der Waals surface area (Å²) < 4.78 is 8.08. The monoisotopic (exact) mass is 405 g/mol. The Kier molecular flexibility index (Phi) is 4.47. The predicted octanol–water partition coefficient (Wildman–Crippen LogP) is 5.88. The summed E-state index contributed by atoms with van der Waals surface area (Å²) in [5.74, 6) is 0. The van der Waals surface area contributed by atoms with Crippen LogP contribution in [0.25, 0.3) is 0 Å². The normalized spacial score (nSPS) is 27.0. The molecule has 4 heteroatoms. The third kappa shape index (κ3) is 2.67. The molecule has 0 saturated heterocycles. The van der Waals surface area contributed by atoms with Crippen molar-refractivity contribution in [1.29, 1.82) is 0 Å². The average Bonchev–Trinajstić information content (AvgIpc) is 3.00. The second-order valence-corrected chi connectivity index (χ2v) is 14.2. The molecule has 0 unspecified atom stereocenters. The van der Waals surface area contributed by atoms with Gasteiger partial charge in [-0.05, 0) is 48.7 Å². The Hall–Kier alpha value is -0.713. The van der Waals surface area contributed by atoms with Crippen molar-refractivity contribution in [2.45, 2.75) is 63.8 Å². The molecular formula is C20H28BrNOSi. The molecule has 2 nitrogen and oxygen atoms in total. The standard InChI is InChI=1S/C20H28BrNOSi/c1-14-13-17(23-24(5,6)19(2,3)4)20(11-12-22-18(14)20)15-9-7-8-10-16(15)21/h7-10,13,17H,11-12H2,1-6H3/t17-,20-/m0/s1. The summed E-state index contributed by atoms with van der Waals surface area (Å²) in [5.41, 5.74) is 3.71. The van der Waals surface area contributed by atoms with Gasteiger partial charge in [-0.2, -0.15) is 0 Å². The van der Waals surface area contributed by atoms with Crippen molar-refractivity contribution in [3.63, 3.8) is 0 Å². The molecule has 0 amide bonds. The summed E-state index contributed by atoms with van der Waals surface area (Å²) in [6, 6.07) is 8.58. The Labute approximate surface area is 155 Å². The fraction of sp³-hybridized carbons (Fsp3) is 0.550. The zero-order valence-corrected chi connectivity index (χ0v) is 18.2. The number of nitrogens with zero attached hydrogens (tertiary/aromatic N) is 1. The second kappa shape index (κ2) is 5.92. The number of fused-ring (bicyclic) bond motifs is 1. The molecule has 1 heterocycles. The van der Waals surface area contributed by atoms with Gasteiger partial charge in [0.1, 0.15) is 0 Å². The molecule has 1 aliphatic heterocycles. The fourth-order valence-corrected chi connectivity index (χ4v) is 5.57. The van der Waals surface area contributed by atoms with E-state index in [0.717, 1.165) is 17.4 Å². The van der Waals surface area contributed by atoms with Crippen LogP contribution in [0.4, 0.5) is 0 Å². The van der Waals surface area contributed by atoms with Crippen LogP contribution in [-0.2, 0) is 9.84 Å². The number of halogens is 1. The minimum absolute atomic E-state index is 0.0818. The molecule has 0 N–H and O–H groups in total.